The zero-order valence-electron chi connectivity index (χ0n) is 18.6. The molecule has 0 bridgehead atoms. The third-order valence-corrected chi connectivity index (χ3v) is 10.5. The van der Waals surface area contributed by atoms with Crippen LogP contribution in [0.2, 0.25) is 18.1 Å². The first-order chi connectivity index (χ1) is 13.1. The highest BCUT2D eigenvalue weighted by molar-refractivity contribution is 6.74. The number of hydrogen-bond donors (Lipinski definition) is 1. The van der Waals surface area contributed by atoms with Crippen LogP contribution in [0.3, 0.4) is 0 Å². The monoisotopic (exact) mass is 399 g/mol. The van der Waals surface area contributed by atoms with Gasteiger partial charge in [0.2, 0.25) is 0 Å². The minimum Gasteiger partial charge on any atom is -0.415 e. The first-order valence-corrected chi connectivity index (χ1v) is 13.0. The molecule has 0 heterocycles. The Kier molecular flexibility index (Phi) is 7.63. The van der Waals surface area contributed by atoms with E-state index in [0.717, 1.165) is 0 Å². The number of methoxy groups -OCH3 is 1. The van der Waals surface area contributed by atoms with Crippen LogP contribution >= 0.6 is 0 Å². The second-order valence-corrected chi connectivity index (χ2v) is 14.1. The number of rotatable bonds is 9. The predicted octanol–water partition coefficient (Wildman–Crippen LogP) is 5.90. The smallest absolute Gasteiger partial charge is 0.192 e. The van der Waals surface area contributed by atoms with E-state index in [1.54, 1.807) is 7.11 Å². The van der Waals surface area contributed by atoms with Crippen molar-refractivity contribution in [2.75, 3.05) is 20.3 Å². The Balaban J connectivity index is 2.31. The summed E-state index contributed by atoms with van der Waals surface area (Å²) in [6.45, 7) is 14.9. The van der Waals surface area contributed by atoms with Crippen molar-refractivity contribution < 1.29 is 9.16 Å². The van der Waals surface area contributed by atoms with Gasteiger partial charge in [-0.2, -0.15) is 0 Å². The maximum atomic E-state index is 6.61. The molecule has 0 unspecified atom stereocenters. The van der Waals surface area contributed by atoms with Gasteiger partial charge in [-0.1, -0.05) is 81.4 Å². The molecule has 2 rings (SSSR count). The second-order valence-electron chi connectivity index (χ2n) is 9.31. The summed E-state index contributed by atoms with van der Waals surface area (Å²) in [7, 11) is -0.0885. The summed E-state index contributed by atoms with van der Waals surface area (Å²) in [5.74, 6) is 0. The third-order valence-electron chi connectivity index (χ3n) is 5.96. The molecular weight excluding hydrogens is 362 g/mol. The summed E-state index contributed by atoms with van der Waals surface area (Å²) < 4.78 is 12.2. The van der Waals surface area contributed by atoms with Gasteiger partial charge in [-0.3, -0.25) is 5.32 Å². The van der Waals surface area contributed by atoms with Gasteiger partial charge in [-0.15, -0.1) is 0 Å². The predicted molar refractivity (Wildman–Crippen MR) is 121 cm³/mol. The van der Waals surface area contributed by atoms with Crippen molar-refractivity contribution in [1.29, 1.82) is 0 Å². The third kappa shape index (κ3) is 5.77. The van der Waals surface area contributed by atoms with Gasteiger partial charge >= 0.3 is 0 Å². The van der Waals surface area contributed by atoms with E-state index >= 15 is 0 Å². The number of benzene rings is 2. The Morgan fingerprint density at radius 3 is 1.93 bits per heavy atom. The fourth-order valence-corrected chi connectivity index (χ4v) is 4.12. The standard InChI is InChI=1S/C24H37NO2Si/c1-23(2,3)28(6,7)27-18-22(20-14-10-8-11-15-20)25-24(4,19-26-5)21-16-12-9-13-17-21/h8-17,22,25H,18-19H2,1-7H3/t22-,24-/m1/s1. The summed E-state index contributed by atoms with van der Waals surface area (Å²) in [5, 5.41) is 4.04. The van der Waals surface area contributed by atoms with Crippen LogP contribution in [0.4, 0.5) is 0 Å². The van der Waals surface area contributed by atoms with Gasteiger partial charge < -0.3 is 9.16 Å². The SMILES string of the molecule is COC[C@@](C)(N[C@H](CO[Si](C)(C)C(C)(C)C)c1ccccc1)c1ccccc1. The Morgan fingerprint density at radius 2 is 1.43 bits per heavy atom. The molecule has 0 aliphatic carbocycles. The average molecular weight is 400 g/mol. The van der Waals surface area contributed by atoms with Crippen molar-refractivity contribution in [3.05, 3.63) is 71.8 Å². The highest BCUT2D eigenvalue weighted by Gasteiger charge is 2.38. The zero-order chi connectivity index (χ0) is 20.8. The number of hydrogen-bond acceptors (Lipinski definition) is 3. The minimum atomic E-state index is -1.84. The summed E-state index contributed by atoms with van der Waals surface area (Å²) in [4.78, 5) is 0. The zero-order valence-corrected chi connectivity index (χ0v) is 19.6. The highest BCUT2D eigenvalue weighted by Crippen LogP contribution is 2.37. The maximum absolute atomic E-state index is 6.61. The van der Waals surface area contributed by atoms with Crippen molar-refractivity contribution in [3.8, 4) is 0 Å². The fraction of sp³-hybridized carbons (Fsp3) is 0.500. The molecule has 154 valence electrons. The molecule has 0 radical (unpaired) electrons. The first-order valence-electron chi connectivity index (χ1n) is 10.1. The van der Waals surface area contributed by atoms with Crippen LogP contribution in [0, 0.1) is 0 Å². The molecule has 2 aromatic carbocycles. The average Bonchev–Trinajstić information content (AvgIpc) is 2.66. The lowest BCUT2D eigenvalue weighted by atomic mass is 9.91. The highest BCUT2D eigenvalue weighted by atomic mass is 28.4. The molecule has 0 aliphatic rings. The van der Waals surface area contributed by atoms with Crippen LogP contribution in [-0.2, 0) is 14.7 Å². The van der Waals surface area contributed by atoms with E-state index in [-0.39, 0.29) is 16.6 Å². The molecular formula is C24H37NO2Si. The van der Waals surface area contributed by atoms with Gasteiger partial charge in [0.15, 0.2) is 8.32 Å². The summed E-state index contributed by atoms with van der Waals surface area (Å²) in [6, 6.07) is 21.2. The largest absolute Gasteiger partial charge is 0.415 e. The molecule has 0 fully saturated rings. The van der Waals surface area contributed by atoms with Crippen LogP contribution in [0.25, 0.3) is 0 Å². The Bertz CT molecular complexity index is 712. The molecule has 0 amide bonds. The van der Waals surface area contributed by atoms with E-state index in [1.807, 2.05) is 6.07 Å². The van der Waals surface area contributed by atoms with Crippen molar-refractivity contribution in [2.24, 2.45) is 0 Å². The maximum Gasteiger partial charge on any atom is 0.192 e. The number of ether oxygens (including phenoxy) is 1. The molecule has 2 atom stereocenters. The molecule has 1 N–H and O–H groups in total. The summed E-state index contributed by atoms with van der Waals surface area (Å²) in [6.07, 6.45) is 0. The summed E-state index contributed by atoms with van der Waals surface area (Å²) >= 11 is 0. The van der Waals surface area contributed by atoms with Gasteiger partial charge in [-0.05, 0) is 36.2 Å². The normalized spacial score (nSPS) is 15.8. The van der Waals surface area contributed by atoms with Gasteiger partial charge in [0.25, 0.3) is 0 Å². The van der Waals surface area contributed by atoms with E-state index in [9.17, 15) is 0 Å². The van der Waals surface area contributed by atoms with Gasteiger partial charge in [0.05, 0.1) is 24.8 Å². The van der Waals surface area contributed by atoms with Crippen LogP contribution < -0.4 is 5.32 Å². The van der Waals surface area contributed by atoms with E-state index in [2.05, 4.69) is 101 Å². The van der Waals surface area contributed by atoms with Crippen LogP contribution in [-0.4, -0.2) is 28.6 Å². The van der Waals surface area contributed by atoms with Crippen LogP contribution in [0.5, 0.6) is 0 Å². The van der Waals surface area contributed by atoms with Crippen molar-refractivity contribution in [1.82, 2.24) is 5.32 Å². The van der Waals surface area contributed by atoms with Crippen LogP contribution in [0.15, 0.2) is 60.7 Å². The minimum absolute atomic E-state index is 0.0793. The Labute approximate surface area is 172 Å². The Hall–Kier alpha value is -1.46. The molecule has 4 heteroatoms. The Morgan fingerprint density at radius 1 is 0.893 bits per heavy atom. The van der Waals surface area contributed by atoms with Crippen molar-refractivity contribution in [2.45, 2.75) is 57.4 Å². The molecule has 3 nitrogen and oxygen atoms in total. The first kappa shape index (κ1) is 22.8. The molecule has 0 aromatic heterocycles. The number of nitrogens with one attached hydrogen (secondary N) is 1. The van der Waals surface area contributed by atoms with Gasteiger partial charge in [0.1, 0.15) is 0 Å². The van der Waals surface area contributed by atoms with E-state index in [1.165, 1.54) is 11.1 Å². The molecule has 0 saturated carbocycles. The van der Waals surface area contributed by atoms with Crippen LogP contribution in [0.1, 0.15) is 44.9 Å². The lowest BCUT2D eigenvalue weighted by molar-refractivity contribution is 0.0993. The lowest BCUT2D eigenvalue weighted by Gasteiger charge is -2.40. The fourth-order valence-electron chi connectivity index (χ4n) is 3.10. The van der Waals surface area contributed by atoms with Gasteiger partial charge in [-0.25, -0.2) is 0 Å². The second kappa shape index (κ2) is 9.36. The van der Waals surface area contributed by atoms with Crippen molar-refractivity contribution in [3.63, 3.8) is 0 Å². The van der Waals surface area contributed by atoms with E-state index in [4.69, 9.17) is 9.16 Å². The van der Waals surface area contributed by atoms with E-state index in [0.29, 0.717) is 13.2 Å². The van der Waals surface area contributed by atoms with Crippen molar-refractivity contribution >= 4 is 8.32 Å². The molecule has 28 heavy (non-hydrogen) atoms. The lowest BCUT2D eigenvalue weighted by Crippen LogP contribution is -2.49. The molecule has 0 spiro atoms. The summed E-state index contributed by atoms with van der Waals surface area (Å²) in [5.41, 5.74) is 2.14. The molecule has 2 aromatic rings. The van der Waals surface area contributed by atoms with E-state index < -0.39 is 8.32 Å². The quantitative estimate of drug-likeness (QED) is 0.532. The molecule has 0 aliphatic heterocycles. The van der Waals surface area contributed by atoms with Gasteiger partial charge in [0, 0.05) is 7.11 Å². The molecule has 0 saturated heterocycles. The topological polar surface area (TPSA) is 30.5 Å².